The number of nitrogens with two attached hydrogens (primary N) is 1. The third kappa shape index (κ3) is 3.00. The number of hydrogen-bond acceptors (Lipinski definition) is 6. The van der Waals surface area contributed by atoms with Gasteiger partial charge in [-0.2, -0.15) is 5.21 Å². The van der Waals surface area contributed by atoms with Crippen molar-refractivity contribution in [3.63, 3.8) is 0 Å². The van der Waals surface area contributed by atoms with Crippen molar-refractivity contribution in [3.8, 4) is 11.5 Å². The minimum atomic E-state index is 0.0249. The molecule has 1 aromatic carbocycles. The lowest BCUT2D eigenvalue weighted by atomic mass is 9.98. The number of methoxy groups -OCH3 is 2. The van der Waals surface area contributed by atoms with E-state index in [1.165, 1.54) is 0 Å². The molecule has 0 fully saturated rings. The predicted octanol–water partition coefficient (Wildman–Crippen LogP) is 0.502. The Morgan fingerprint density at radius 1 is 1.26 bits per heavy atom. The van der Waals surface area contributed by atoms with Crippen molar-refractivity contribution in [2.45, 2.75) is 12.3 Å². The molecule has 1 aromatic heterocycles. The molecule has 3 N–H and O–H groups in total. The number of aromatic nitrogens is 4. The highest BCUT2D eigenvalue weighted by Gasteiger charge is 2.16. The van der Waals surface area contributed by atoms with Crippen molar-refractivity contribution >= 4 is 0 Å². The fourth-order valence-electron chi connectivity index (χ4n) is 1.91. The molecule has 0 aliphatic heterocycles. The van der Waals surface area contributed by atoms with Crippen LogP contribution in [0.1, 0.15) is 17.3 Å². The number of hydrogen-bond donors (Lipinski definition) is 2. The largest absolute Gasteiger partial charge is 0.493 e. The fourth-order valence-corrected chi connectivity index (χ4v) is 1.91. The predicted molar refractivity (Wildman–Crippen MR) is 69.2 cm³/mol. The number of rotatable bonds is 6. The number of H-pyrrole nitrogens is 1. The van der Waals surface area contributed by atoms with Gasteiger partial charge in [0.25, 0.3) is 0 Å². The molecule has 1 atom stereocenters. The Bertz CT molecular complexity index is 515. The van der Waals surface area contributed by atoms with Gasteiger partial charge in [0.2, 0.25) is 0 Å². The minimum Gasteiger partial charge on any atom is -0.493 e. The van der Waals surface area contributed by atoms with Crippen LogP contribution in [0.15, 0.2) is 18.2 Å². The highest BCUT2D eigenvalue weighted by Crippen LogP contribution is 2.29. The first-order chi connectivity index (χ1) is 9.28. The Morgan fingerprint density at radius 2 is 2.05 bits per heavy atom. The molecular weight excluding hydrogens is 246 g/mol. The van der Waals surface area contributed by atoms with Crippen molar-refractivity contribution in [3.05, 3.63) is 29.6 Å². The van der Waals surface area contributed by atoms with Crippen molar-refractivity contribution in [2.75, 3.05) is 20.8 Å². The Labute approximate surface area is 111 Å². The number of tetrazole rings is 1. The summed E-state index contributed by atoms with van der Waals surface area (Å²) >= 11 is 0. The van der Waals surface area contributed by atoms with Gasteiger partial charge in [-0.3, -0.25) is 0 Å². The maximum absolute atomic E-state index is 5.76. The molecule has 0 saturated carbocycles. The normalized spacial score (nSPS) is 12.2. The molecule has 102 valence electrons. The van der Waals surface area contributed by atoms with Crippen LogP contribution in [0, 0.1) is 0 Å². The molecule has 1 unspecified atom stereocenters. The van der Waals surface area contributed by atoms with Crippen molar-refractivity contribution in [1.82, 2.24) is 20.6 Å². The summed E-state index contributed by atoms with van der Waals surface area (Å²) in [5, 5.41) is 14.0. The van der Waals surface area contributed by atoms with Crippen LogP contribution in [-0.2, 0) is 6.42 Å². The molecule has 0 aliphatic rings. The van der Waals surface area contributed by atoms with Gasteiger partial charge in [-0.1, -0.05) is 11.3 Å². The van der Waals surface area contributed by atoms with Crippen LogP contribution < -0.4 is 15.2 Å². The number of benzene rings is 1. The third-order valence-electron chi connectivity index (χ3n) is 2.94. The van der Waals surface area contributed by atoms with Crippen molar-refractivity contribution in [2.24, 2.45) is 5.73 Å². The van der Waals surface area contributed by atoms with E-state index in [0.29, 0.717) is 23.9 Å². The Hall–Kier alpha value is -2.15. The maximum Gasteiger partial charge on any atom is 0.179 e. The van der Waals surface area contributed by atoms with E-state index in [1.54, 1.807) is 14.2 Å². The van der Waals surface area contributed by atoms with Gasteiger partial charge in [0, 0.05) is 12.5 Å². The van der Waals surface area contributed by atoms with E-state index in [4.69, 9.17) is 15.2 Å². The van der Waals surface area contributed by atoms with Crippen LogP contribution in [0.3, 0.4) is 0 Å². The van der Waals surface area contributed by atoms with Gasteiger partial charge in [0.1, 0.15) is 0 Å². The first-order valence-corrected chi connectivity index (χ1v) is 5.92. The van der Waals surface area contributed by atoms with E-state index >= 15 is 0 Å². The summed E-state index contributed by atoms with van der Waals surface area (Å²) in [5.74, 6) is 2.05. The summed E-state index contributed by atoms with van der Waals surface area (Å²) in [7, 11) is 3.22. The van der Waals surface area contributed by atoms with Crippen LogP contribution in [-0.4, -0.2) is 41.4 Å². The van der Waals surface area contributed by atoms with Crippen molar-refractivity contribution in [1.29, 1.82) is 0 Å². The highest BCUT2D eigenvalue weighted by atomic mass is 16.5. The Kier molecular flexibility index (Phi) is 4.30. The summed E-state index contributed by atoms with van der Waals surface area (Å²) in [6.07, 6.45) is 0.719. The molecule has 19 heavy (non-hydrogen) atoms. The molecule has 7 heteroatoms. The summed E-state index contributed by atoms with van der Waals surface area (Å²) in [6, 6.07) is 5.78. The zero-order valence-corrected chi connectivity index (χ0v) is 11.0. The van der Waals surface area contributed by atoms with Gasteiger partial charge in [-0.25, -0.2) is 0 Å². The van der Waals surface area contributed by atoms with Gasteiger partial charge < -0.3 is 15.2 Å². The molecule has 2 rings (SSSR count). The second-order valence-electron chi connectivity index (χ2n) is 4.10. The van der Waals surface area contributed by atoms with E-state index in [-0.39, 0.29) is 5.92 Å². The molecule has 1 heterocycles. The molecule has 0 spiro atoms. The lowest BCUT2D eigenvalue weighted by Gasteiger charge is -2.13. The lowest BCUT2D eigenvalue weighted by molar-refractivity contribution is 0.354. The van der Waals surface area contributed by atoms with Gasteiger partial charge in [0.15, 0.2) is 17.3 Å². The summed E-state index contributed by atoms with van der Waals surface area (Å²) in [5.41, 5.74) is 6.84. The topological polar surface area (TPSA) is 98.9 Å². The van der Waals surface area contributed by atoms with E-state index in [9.17, 15) is 0 Å². The van der Waals surface area contributed by atoms with Gasteiger partial charge in [-0.05, 0) is 24.1 Å². The average Bonchev–Trinajstić information content (AvgIpc) is 2.98. The molecule has 7 nitrogen and oxygen atoms in total. The molecule has 0 radical (unpaired) electrons. The first kappa shape index (κ1) is 13.3. The molecule has 0 bridgehead atoms. The number of nitrogens with one attached hydrogen (secondary N) is 1. The average molecular weight is 263 g/mol. The number of ether oxygens (including phenoxy) is 2. The molecule has 0 aliphatic carbocycles. The van der Waals surface area contributed by atoms with Gasteiger partial charge >= 0.3 is 0 Å². The summed E-state index contributed by atoms with van der Waals surface area (Å²) < 4.78 is 10.5. The van der Waals surface area contributed by atoms with E-state index in [0.717, 1.165) is 12.0 Å². The standard InChI is InChI=1S/C12H17N5O2/c1-18-10-4-3-8(6-11(10)19-2)5-9(7-13)12-14-16-17-15-12/h3-4,6,9H,5,7,13H2,1-2H3,(H,14,15,16,17). The molecule has 0 saturated heterocycles. The number of nitrogens with zero attached hydrogens (tertiary/aromatic N) is 3. The Morgan fingerprint density at radius 3 is 2.63 bits per heavy atom. The maximum atomic E-state index is 5.76. The smallest absolute Gasteiger partial charge is 0.179 e. The van der Waals surface area contributed by atoms with Crippen LogP contribution in [0.4, 0.5) is 0 Å². The highest BCUT2D eigenvalue weighted by molar-refractivity contribution is 5.43. The van der Waals surface area contributed by atoms with E-state index in [2.05, 4.69) is 20.6 Å². The van der Waals surface area contributed by atoms with E-state index < -0.39 is 0 Å². The lowest BCUT2D eigenvalue weighted by Crippen LogP contribution is -2.16. The molecule has 0 amide bonds. The number of aromatic amines is 1. The SMILES string of the molecule is COc1ccc(CC(CN)c2nn[nH]n2)cc1OC. The van der Waals surface area contributed by atoms with Crippen LogP contribution >= 0.6 is 0 Å². The zero-order chi connectivity index (χ0) is 13.7. The first-order valence-electron chi connectivity index (χ1n) is 5.92. The summed E-state index contributed by atoms with van der Waals surface area (Å²) in [4.78, 5) is 0. The van der Waals surface area contributed by atoms with Crippen LogP contribution in [0.25, 0.3) is 0 Å². The minimum absolute atomic E-state index is 0.0249. The monoisotopic (exact) mass is 263 g/mol. The van der Waals surface area contributed by atoms with E-state index in [1.807, 2.05) is 18.2 Å². The van der Waals surface area contributed by atoms with Gasteiger partial charge in [-0.15, -0.1) is 10.2 Å². The second kappa shape index (κ2) is 6.14. The molecule has 2 aromatic rings. The quantitative estimate of drug-likeness (QED) is 0.787. The fraction of sp³-hybridized carbons (Fsp3) is 0.417. The summed E-state index contributed by atoms with van der Waals surface area (Å²) in [6.45, 7) is 0.452. The van der Waals surface area contributed by atoms with Crippen LogP contribution in [0.2, 0.25) is 0 Å². The zero-order valence-electron chi connectivity index (χ0n) is 11.0. The third-order valence-corrected chi connectivity index (χ3v) is 2.94. The van der Waals surface area contributed by atoms with Crippen LogP contribution in [0.5, 0.6) is 11.5 Å². The second-order valence-corrected chi connectivity index (χ2v) is 4.10. The van der Waals surface area contributed by atoms with Crippen molar-refractivity contribution < 1.29 is 9.47 Å². The Balaban J connectivity index is 2.18. The van der Waals surface area contributed by atoms with Gasteiger partial charge in [0.05, 0.1) is 14.2 Å². The molecular formula is C12H17N5O2.